The van der Waals surface area contributed by atoms with E-state index in [1.165, 1.54) is 0 Å². The maximum absolute atomic E-state index is 12.4. The van der Waals surface area contributed by atoms with Crippen LogP contribution in [0.5, 0.6) is 5.75 Å². The van der Waals surface area contributed by atoms with Gasteiger partial charge in [0.15, 0.2) is 5.82 Å². The third kappa shape index (κ3) is 5.23. The van der Waals surface area contributed by atoms with Gasteiger partial charge in [-0.3, -0.25) is 0 Å². The quantitative estimate of drug-likeness (QED) is 0.489. The van der Waals surface area contributed by atoms with Crippen LogP contribution in [0.4, 0.5) is 5.82 Å². The minimum atomic E-state index is -3.20. The molecule has 3 aromatic rings. The van der Waals surface area contributed by atoms with E-state index in [0.717, 1.165) is 40.4 Å². The van der Waals surface area contributed by atoms with Crippen LogP contribution in [0.2, 0.25) is 0 Å². The normalized spacial score (nSPS) is 14.9. The van der Waals surface area contributed by atoms with Crippen LogP contribution in [0.15, 0.2) is 54.6 Å². The Labute approximate surface area is 202 Å². The molecular weight excluding hydrogens is 448 g/mol. The molecule has 1 fully saturated rings. The van der Waals surface area contributed by atoms with Crippen LogP contribution in [0.3, 0.4) is 0 Å². The molecule has 0 saturated carbocycles. The van der Waals surface area contributed by atoms with Crippen LogP contribution >= 0.6 is 0 Å². The van der Waals surface area contributed by atoms with Gasteiger partial charge in [0, 0.05) is 49.4 Å². The molecule has 0 aliphatic carbocycles. The first kappa shape index (κ1) is 24.2. The van der Waals surface area contributed by atoms with Crippen molar-refractivity contribution in [2.45, 2.75) is 26.7 Å². The molecule has 0 unspecified atom stereocenters. The van der Waals surface area contributed by atoms with Crippen LogP contribution in [-0.4, -0.2) is 61.7 Å². The summed E-state index contributed by atoms with van der Waals surface area (Å²) in [6.45, 7) is 5.92. The van der Waals surface area contributed by atoms with E-state index in [9.17, 15) is 8.42 Å². The molecular formula is C26H32N4O3S. The number of piperazine rings is 1. The molecule has 2 heterocycles. The Morgan fingerprint density at radius 3 is 2.32 bits per heavy atom. The van der Waals surface area contributed by atoms with E-state index in [1.54, 1.807) is 18.3 Å². The third-order valence-electron chi connectivity index (χ3n) is 6.25. The predicted molar refractivity (Wildman–Crippen MR) is 136 cm³/mol. The van der Waals surface area contributed by atoms with Crippen molar-refractivity contribution in [2.24, 2.45) is 0 Å². The van der Waals surface area contributed by atoms with Crippen LogP contribution in [0.1, 0.15) is 30.7 Å². The fourth-order valence-electron chi connectivity index (χ4n) is 4.32. The van der Waals surface area contributed by atoms with Gasteiger partial charge in [-0.05, 0) is 31.0 Å². The zero-order chi connectivity index (χ0) is 24.1. The lowest BCUT2D eigenvalue weighted by Crippen LogP contribution is -2.49. The number of methoxy groups -OCH3 is 1. The highest BCUT2D eigenvalue weighted by molar-refractivity contribution is 7.89. The highest BCUT2D eigenvalue weighted by Crippen LogP contribution is 2.30. The number of ether oxygens (including phenoxy) is 1. The summed E-state index contributed by atoms with van der Waals surface area (Å²) in [7, 11) is -1.53. The van der Waals surface area contributed by atoms with Crippen molar-refractivity contribution >= 4 is 15.8 Å². The third-order valence-corrected chi connectivity index (χ3v) is 8.13. The molecule has 4 rings (SSSR count). The van der Waals surface area contributed by atoms with E-state index in [0.29, 0.717) is 38.4 Å². The fraction of sp³-hybridized carbons (Fsp3) is 0.385. The van der Waals surface area contributed by atoms with Crippen molar-refractivity contribution in [1.29, 1.82) is 0 Å². The number of nitrogens with zero attached hydrogens (tertiary/aromatic N) is 4. The summed E-state index contributed by atoms with van der Waals surface area (Å²) in [4.78, 5) is 12.2. The van der Waals surface area contributed by atoms with Gasteiger partial charge >= 0.3 is 0 Å². The molecule has 0 amide bonds. The zero-order valence-corrected chi connectivity index (χ0v) is 20.9. The minimum absolute atomic E-state index is 0.125. The van der Waals surface area contributed by atoms with Gasteiger partial charge in [-0.25, -0.2) is 18.4 Å². The molecule has 2 aromatic carbocycles. The molecule has 0 spiro atoms. The second kappa shape index (κ2) is 10.5. The molecule has 1 aliphatic heterocycles. The predicted octanol–water partition coefficient (Wildman–Crippen LogP) is 3.78. The van der Waals surface area contributed by atoms with Crippen molar-refractivity contribution in [2.75, 3.05) is 43.9 Å². The number of aromatic nitrogens is 2. The number of benzene rings is 2. The Bertz CT molecular complexity index is 1220. The molecule has 8 heteroatoms. The molecule has 1 aliphatic rings. The van der Waals surface area contributed by atoms with E-state index in [1.807, 2.05) is 48.5 Å². The molecule has 7 nitrogen and oxygen atoms in total. The average Bonchev–Trinajstić information content (AvgIpc) is 2.89. The summed E-state index contributed by atoms with van der Waals surface area (Å²) in [6.07, 6.45) is 1.46. The first-order valence-electron chi connectivity index (χ1n) is 11.8. The highest BCUT2D eigenvalue weighted by atomic mass is 32.2. The molecule has 1 aromatic heterocycles. The van der Waals surface area contributed by atoms with Crippen LogP contribution in [0.25, 0.3) is 11.4 Å². The van der Waals surface area contributed by atoms with Gasteiger partial charge < -0.3 is 9.64 Å². The lowest BCUT2D eigenvalue weighted by atomic mass is 10.0. The highest BCUT2D eigenvalue weighted by Gasteiger charge is 2.28. The number of sulfonamides is 1. The summed E-state index contributed by atoms with van der Waals surface area (Å²) in [5, 5.41) is 0. The molecule has 0 bridgehead atoms. The van der Waals surface area contributed by atoms with Crippen molar-refractivity contribution < 1.29 is 13.2 Å². The van der Waals surface area contributed by atoms with Crippen molar-refractivity contribution in [3.05, 3.63) is 71.4 Å². The lowest BCUT2D eigenvalue weighted by Gasteiger charge is -2.36. The summed E-state index contributed by atoms with van der Waals surface area (Å²) < 4.78 is 31.8. The Morgan fingerprint density at radius 1 is 0.941 bits per heavy atom. The summed E-state index contributed by atoms with van der Waals surface area (Å²) in [6, 6.07) is 18.1. The van der Waals surface area contributed by atoms with Crippen molar-refractivity contribution in [3.8, 4) is 17.1 Å². The van der Waals surface area contributed by atoms with Gasteiger partial charge in [0.25, 0.3) is 0 Å². The monoisotopic (exact) mass is 480 g/mol. The number of hydrogen-bond acceptors (Lipinski definition) is 6. The van der Waals surface area contributed by atoms with Crippen molar-refractivity contribution in [3.63, 3.8) is 0 Å². The number of anilines is 1. The molecule has 0 atom stereocenters. The first-order valence-corrected chi connectivity index (χ1v) is 13.4. The van der Waals surface area contributed by atoms with E-state index in [4.69, 9.17) is 14.7 Å². The Hall–Kier alpha value is -2.97. The second-order valence-electron chi connectivity index (χ2n) is 8.33. The number of aryl methyl sites for hydroxylation is 1. The summed E-state index contributed by atoms with van der Waals surface area (Å²) in [5.74, 6) is 2.53. The molecule has 0 N–H and O–H groups in total. The van der Waals surface area contributed by atoms with Gasteiger partial charge in [0.2, 0.25) is 10.0 Å². The van der Waals surface area contributed by atoms with E-state index < -0.39 is 10.0 Å². The van der Waals surface area contributed by atoms with E-state index >= 15 is 0 Å². The van der Waals surface area contributed by atoms with Crippen LogP contribution in [-0.2, 0) is 22.9 Å². The van der Waals surface area contributed by atoms with Gasteiger partial charge in [-0.1, -0.05) is 49.4 Å². The van der Waals surface area contributed by atoms with Gasteiger partial charge in [0.05, 0.1) is 12.9 Å². The maximum atomic E-state index is 12.4. The first-order chi connectivity index (χ1) is 16.4. The summed E-state index contributed by atoms with van der Waals surface area (Å²) >= 11 is 0. The number of rotatable bonds is 8. The average molecular weight is 481 g/mol. The smallest absolute Gasteiger partial charge is 0.213 e. The van der Waals surface area contributed by atoms with Crippen LogP contribution < -0.4 is 9.64 Å². The topological polar surface area (TPSA) is 75.6 Å². The van der Waals surface area contributed by atoms with E-state index in [2.05, 4.69) is 17.9 Å². The molecule has 0 radical (unpaired) electrons. The largest absolute Gasteiger partial charge is 0.497 e. The summed E-state index contributed by atoms with van der Waals surface area (Å²) in [5.41, 5.74) is 4.19. The zero-order valence-electron chi connectivity index (χ0n) is 20.1. The van der Waals surface area contributed by atoms with Gasteiger partial charge in [-0.15, -0.1) is 0 Å². The molecule has 180 valence electrons. The van der Waals surface area contributed by atoms with Gasteiger partial charge in [0.1, 0.15) is 11.6 Å². The molecule has 34 heavy (non-hydrogen) atoms. The standard InChI is InChI=1S/C26H32N4O3S/c1-4-24-23(19-20-10-9-13-22(18-20)33-3)26(28-25(27-24)21-11-7-6-8-12-21)29-14-16-30(17-15-29)34(31,32)5-2/h6-13,18H,4-5,14-17,19H2,1-3H3. The number of hydrogen-bond donors (Lipinski definition) is 0. The van der Waals surface area contributed by atoms with Gasteiger partial charge in [-0.2, -0.15) is 4.31 Å². The molecule has 1 saturated heterocycles. The van der Waals surface area contributed by atoms with Crippen molar-refractivity contribution in [1.82, 2.24) is 14.3 Å². The Balaban J connectivity index is 1.75. The Morgan fingerprint density at radius 2 is 1.68 bits per heavy atom. The SMILES string of the molecule is CCc1nc(-c2ccccc2)nc(N2CCN(S(=O)(=O)CC)CC2)c1Cc1cccc(OC)c1. The minimum Gasteiger partial charge on any atom is -0.497 e. The second-order valence-corrected chi connectivity index (χ2v) is 10.6. The maximum Gasteiger partial charge on any atom is 0.213 e. The fourth-order valence-corrected chi connectivity index (χ4v) is 5.40. The lowest BCUT2D eigenvalue weighted by molar-refractivity contribution is 0.384. The van der Waals surface area contributed by atoms with Crippen LogP contribution in [0, 0.1) is 0 Å². The Kier molecular flexibility index (Phi) is 7.48. The van der Waals surface area contributed by atoms with E-state index in [-0.39, 0.29) is 5.75 Å².